The van der Waals surface area contributed by atoms with Gasteiger partial charge in [-0.1, -0.05) is 13.8 Å². The average Bonchev–Trinajstić information content (AvgIpc) is 2.43. The number of hydrogen-bond donors (Lipinski definition) is 1. The van der Waals surface area contributed by atoms with E-state index < -0.39 is 0 Å². The maximum absolute atomic E-state index is 5.40. The Morgan fingerprint density at radius 2 is 1.95 bits per heavy atom. The van der Waals surface area contributed by atoms with Crippen LogP contribution in [0.25, 0.3) is 0 Å². The third-order valence-electron chi connectivity index (χ3n) is 3.15. The van der Waals surface area contributed by atoms with Gasteiger partial charge in [0.2, 0.25) is 0 Å². The number of rotatable bonds is 9. The van der Waals surface area contributed by atoms with Crippen LogP contribution in [0.1, 0.15) is 19.4 Å². The predicted octanol–water partition coefficient (Wildman–Crippen LogP) is 2.38. The maximum Gasteiger partial charge on any atom is 0.123 e. The van der Waals surface area contributed by atoms with Crippen LogP contribution < -0.4 is 14.8 Å². The molecule has 0 bridgehead atoms. The number of methoxy groups -OCH3 is 2. The zero-order chi connectivity index (χ0) is 15.0. The van der Waals surface area contributed by atoms with Crippen LogP contribution in [0.2, 0.25) is 0 Å². The molecular weight excluding hydrogens is 252 g/mol. The molecule has 0 aromatic heterocycles. The standard InChI is InChI=1S/C16H28N2O2/c1-13(2)11-17-8-9-18(3)12-14-10-15(19-4)6-7-16(14)20-5/h6-7,10,13,17H,8-9,11-12H2,1-5H3. The van der Waals surface area contributed by atoms with Crippen molar-refractivity contribution in [2.75, 3.05) is 40.9 Å². The lowest BCUT2D eigenvalue weighted by molar-refractivity contribution is 0.312. The molecule has 0 amide bonds. The van der Waals surface area contributed by atoms with Crippen LogP contribution in [0.4, 0.5) is 0 Å². The minimum Gasteiger partial charge on any atom is -0.497 e. The number of ether oxygens (including phenoxy) is 2. The van der Waals surface area contributed by atoms with Gasteiger partial charge in [0.1, 0.15) is 11.5 Å². The highest BCUT2D eigenvalue weighted by molar-refractivity contribution is 5.40. The molecule has 0 aliphatic rings. The first-order valence-corrected chi connectivity index (χ1v) is 7.17. The van der Waals surface area contributed by atoms with Gasteiger partial charge in [0.25, 0.3) is 0 Å². The van der Waals surface area contributed by atoms with Crippen molar-refractivity contribution in [1.82, 2.24) is 10.2 Å². The molecule has 0 aliphatic heterocycles. The highest BCUT2D eigenvalue weighted by Crippen LogP contribution is 2.24. The summed E-state index contributed by atoms with van der Waals surface area (Å²) in [7, 11) is 5.51. The van der Waals surface area contributed by atoms with E-state index in [9.17, 15) is 0 Å². The van der Waals surface area contributed by atoms with Gasteiger partial charge in [-0.25, -0.2) is 0 Å². The summed E-state index contributed by atoms with van der Waals surface area (Å²) < 4.78 is 10.7. The minimum atomic E-state index is 0.693. The first kappa shape index (κ1) is 16.8. The van der Waals surface area contributed by atoms with Crippen LogP contribution in [-0.4, -0.2) is 45.8 Å². The molecular formula is C16H28N2O2. The molecule has 0 unspecified atom stereocenters. The third kappa shape index (κ3) is 5.80. The van der Waals surface area contributed by atoms with E-state index in [-0.39, 0.29) is 0 Å². The first-order chi connectivity index (χ1) is 9.56. The number of nitrogens with zero attached hydrogens (tertiary/aromatic N) is 1. The van der Waals surface area contributed by atoms with Crippen LogP contribution >= 0.6 is 0 Å². The van der Waals surface area contributed by atoms with E-state index >= 15 is 0 Å². The van der Waals surface area contributed by atoms with E-state index in [2.05, 4.69) is 31.1 Å². The fraction of sp³-hybridized carbons (Fsp3) is 0.625. The van der Waals surface area contributed by atoms with Crippen molar-refractivity contribution in [2.45, 2.75) is 20.4 Å². The van der Waals surface area contributed by atoms with E-state index in [1.165, 1.54) is 0 Å². The van der Waals surface area contributed by atoms with Gasteiger partial charge in [-0.15, -0.1) is 0 Å². The second-order valence-corrected chi connectivity index (χ2v) is 5.51. The van der Waals surface area contributed by atoms with Gasteiger partial charge in [-0.2, -0.15) is 0 Å². The lowest BCUT2D eigenvalue weighted by Crippen LogP contribution is -2.30. The molecule has 0 radical (unpaired) electrons. The zero-order valence-electron chi connectivity index (χ0n) is 13.4. The Bertz CT molecular complexity index is 394. The van der Waals surface area contributed by atoms with E-state index in [0.29, 0.717) is 5.92 Å². The molecule has 20 heavy (non-hydrogen) atoms. The molecule has 1 rings (SSSR count). The second-order valence-electron chi connectivity index (χ2n) is 5.51. The Hall–Kier alpha value is -1.26. The largest absolute Gasteiger partial charge is 0.497 e. The molecule has 1 aromatic carbocycles. The van der Waals surface area contributed by atoms with Crippen LogP contribution in [-0.2, 0) is 6.54 Å². The summed E-state index contributed by atoms with van der Waals surface area (Å²) in [6.07, 6.45) is 0. The second kappa shape index (κ2) is 8.82. The topological polar surface area (TPSA) is 33.7 Å². The summed E-state index contributed by atoms with van der Waals surface area (Å²) in [5.41, 5.74) is 1.15. The molecule has 4 nitrogen and oxygen atoms in total. The molecule has 1 N–H and O–H groups in total. The maximum atomic E-state index is 5.40. The summed E-state index contributed by atoms with van der Waals surface area (Å²) in [5, 5.41) is 3.46. The first-order valence-electron chi connectivity index (χ1n) is 7.17. The van der Waals surface area contributed by atoms with Gasteiger partial charge >= 0.3 is 0 Å². The van der Waals surface area contributed by atoms with Crippen molar-refractivity contribution in [1.29, 1.82) is 0 Å². The van der Waals surface area contributed by atoms with Crippen LogP contribution in [0, 0.1) is 5.92 Å². The van der Waals surface area contributed by atoms with Crippen LogP contribution in [0.15, 0.2) is 18.2 Å². The Kier molecular flexibility index (Phi) is 7.41. The molecule has 0 heterocycles. The lowest BCUT2D eigenvalue weighted by atomic mass is 10.1. The SMILES string of the molecule is COc1ccc(OC)c(CN(C)CCNCC(C)C)c1. The van der Waals surface area contributed by atoms with Gasteiger partial charge in [-0.05, 0) is 37.7 Å². The fourth-order valence-electron chi connectivity index (χ4n) is 2.04. The molecule has 0 saturated carbocycles. The van der Waals surface area contributed by atoms with Crippen molar-refractivity contribution < 1.29 is 9.47 Å². The third-order valence-corrected chi connectivity index (χ3v) is 3.15. The number of nitrogens with one attached hydrogen (secondary N) is 1. The van der Waals surface area contributed by atoms with Gasteiger partial charge in [0.05, 0.1) is 14.2 Å². The Morgan fingerprint density at radius 3 is 2.55 bits per heavy atom. The van der Waals surface area contributed by atoms with E-state index in [0.717, 1.165) is 43.2 Å². The van der Waals surface area contributed by atoms with Gasteiger partial charge in [0, 0.05) is 25.2 Å². The van der Waals surface area contributed by atoms with Gasteiger partial charge in [0.15, 0.2) is 0 Å². The lowest BCUT2D eigenvalue weighted by Gasteiger charge is -2.19. The molecule has 0 fully saturated rings. The quantitative estimate of drug-likeness (QED) is 0.704. The molecule has 4 heteroatoms. The fourth-order valence-corrected chi connectivity index (χ4v) is 2.04. The smallest absolute Gasteiger partial charge is 0.123 e. The Morgan fingerprint density at radius 1 is 1.20 bits per heavy atom. The highest BCUT2D eigenvalue weighted by atomic mass is 16.5. The molecule has 0 atom stereocenters. The summed E-state index contributed by atoms with van der Waals surface area (Å²) >= 11 is 0. The number of hydrogen-bond acceptors (Lipinski definition) is 4. The summed E-state index contributed by atoms with van der Waals surface area (Å²) in [4.78, 5) is 2.28. The molecule has 1 aromatic rings. The van der Waals surface area contributed by atoms with E-state index in [1.807, 2.05) is 18.2 Å². The normalized spacial score (nSPS) is 11.2. The van der Waals surface area contributed by atoms with Crippen molar-refractivity contribution in [3.05, 3.63) is 23.8 Å². The monoisotopic (exact) mass is 280 g/mol. The molecule has 114 valence electrons. The minimum absolute atomic E-state index is 0.693. The molecule has 0 spiro atoms. The molecule has 0 saturated heterocycles. The average molecular weight is 280 g/mol. The zero-order valence-corrected chi connectivity index (χ0v) is 13.4. The van der Waals surface area contributed by atoms with E-state index in [4.69, 9.17) is 9.47 Å². The van der Waals surface area contributed by atoms with Crippen molar-refractivity contribution in [2.24, 2.45) is 5.92 Å². The van der Waals surface area contributed by atoms with Crippen LogP contribution in [0.3, 0.4) is 0 Å². The summed E-state index contributed by atoms with van der Waals surface area (Å²) in [6, 6.07) is 5.92. The molecule has 0 aliphatic carbocycles. The van der Waals surface area contributed by atoms with Crippen molar-refractivity contribution in [3.8, 4) is 11.5 Å². The Labute approximate surface area is 123 Å². The number of likely N-dealkylation sites (N-methyl/N-ethyl adjacent to an activating group) is 1. The highest BCUT2D eigenvalue weighted by Gasteiger charge is 2.08. The number of benzene rings is 1. The van der Waals surface area contributed by atoms with Crippen molar-refractivity contribution in [3.63, 3.8) is 0 Å². The predicted molar refractivity (Wildman–Crippen MR) is 83.6 cm³/mol. The Balaban J connectivity index is 2.49. The van der Waals surface area contributed by atoms with Gasteiger partial charge < -0.3 is 19.7 Å². The summed E-state index contributed by atoms with van der Waals surface area (Å²) in [5.74, 6) is 2.47. The summed E-state index contributed by atoms with van der Waals surface area (Å²) in [6.45, 7) is 8.36. The van der Waals surface area contributed by atoms with Crippen LogP contribution in [0.5, 0.6) is 11.5 Å². The van der Waals surface area contributed by atoms with Crippen molar-refractivity contribution >= 4 is 0 Å². The van der Waals surface area contributed by atoms with Gasteiger partial charge in [-0.3, -0.25) is 0 Å². The van der Waals surface area contributed by atoms with E-state index in [1.54, 1.807) is 14.2 Å².